The molecule has 0 bridgehead atoms. The van der Waals surface area contributed by atoms with E-state index in [9.17, 15) is 0 Å². The van der Waals surface area contributed by atoms with Gasteiger partial charge in [0.25, 0.3) is 0 Å². The number of rotatable bonds is 6. The van der Waals surface area contributed by atoms with Crippen LogP contribution >= 0.6 is 11.3 Å². The second-order valence-corrected chi connectivity index (χ2v) is 13.0. The Labute approximate surface area is 288 Å². The quantitative estimate of drug-likeness (QED) is 0.181. The summed E-state index contributed by atoms with van der Waals surface area (Å²) in [5.41, 5.74) is 10.2. The minimum absolute atomic E-state index is 0.654. The Kier molecular flexibility index (Phi) is 7.34. The molecular weight excluding hydrogens is 615 g/mol. The van der Waals surface area contributed by atoms with Crippen LogP contribution in [0.25, 0.3) is 87.7 Å². The molecule has 49 heavy (non-hydrogen) atoms. The van der Waals surface area contributed by atoms with Crippen LogP contribution in [0.3, 0.4) is 0 Å². The minimum atomic E-state index is 0.654. The monoisotopic (exact) mass is 643 g/mol. The van der Waals surface area contributed by atoms with Gasteiger partial charge in [0.1, 0.15) is 0 Å². The highest BCUT2D eigenvalue weighted by Crippen LogP contribution is 2.44. The summed E-state index contributed by atoms with van der Waals surface area (Å²) in [5.74, 6) is 1.98. The zero-order chi connectivity index (χ0) is 32.6. The average Bonchev–Trinajstić information content (AvgIpc) is 3.58. The molecule has 0 aliphatic rings. The summed E-state index contributed by atoms with van der Waals surface area (Å²) in [5, 5.41) is 2.56. The molecule has 2 heterocycles. The van der Waals surface area contributed by atoms with E-state index in [4.69, 9.17) is 15.0 Å². The largest absolute Gasteiger partial charge is 0.208 e. The molecule has 9 aromatic rings. The molecule has 9 rings (SSSR count). The van der Waals surface area contributed by atoms with Crippen LogP contribution in [0, 0.1) is 0 Å². The predicted molar refractivity (Wildman–Crippen MR) is 205 cm³/mol. The van der Waals surface area contributed by atoms with Gasteiger partial charge in [-0.25, -0.2) is 15.0 Å². The van der Waals surface area contributed by atoms with E-state index in [0.29, 0.717) is 17.5 Å². The summed E-state index contributed by atoms with van der Waals surface area (Å²) in [6.07, 6.45) is 0. The summed E-state index contributed by atoms with van der Waals surface area (Å²) in [4.78, 5) is 14.7. The Balaban J connectivity index is 1.12. The van der Waals surface area contributed by atoms with Crippen molar-refractivity contribution in [1.82, 2.24) is 15.0 Å². The zero-order valence-corrected chi connectivity index (χ0v) is 27.3. The Morgan fingerprint density at radius 3 is 1.20 bits per heavy atom. The van der Waals surface area contributed by atoms with Gasteiger partial charge in [0.15, 0.2) is 17.5 Å². The van der Waals surface area contributed by atoms with Crippen LogP contribution in [0.15, 0.2) is 176 Å². The number of thiophene rings is 1. The van der Waals surface area contributed by atoms with Crippen LogP contribution < -0.4 is 0 Å². The van der Waals surface area contributed by atoms with Crippen LogP contribution in [-0.2, 0) is 0 Å². The van der Waals surface area contributed by atoms with E-state index in [1.54, 1.807) is 0 Å². The highest BCUT2D eigenvalue weighted by atomic mass is 32.1. The van der Waals surface area contributed by atoms with E-state index < -0.39 is 0 Å². The molecule has 0 amide bonds. The molecule has 2 aromatic heterocycles. The average molecular weight is 644 g/mol. The molecule has 0 radical (unpaired) electrons. The van der Waals surface area contributed by atoms with E-state index in [0.717, 1.165) is 22.3 Å². The predicted octanol–water partition coefficient (Wildman–Crippen LogP) is 12.2. The fourth-order valence-corrected chi connectivity index (χ4v) is 7.88. The van der Waals surface area contributed by atoms with Crippen LogP contribution in [-0.4, -0.2) is 15.0 Å². The molecule has 0 saturated carbocycles. The molecule has 7 aromatic carbocycles. The lowest BCUT2D eigenvalue weighted by atomic mass is 9.97. The second-order valence-electron chi connectivity index (χ2n) is 12.0. The van der Waals surface area contributed by atoms with Crippen molar-refractivity contribution < 1.29 is 0 Å². The van der Waals surface area contributed by atoms with Crippen molar-refractivity contribution in [2.24, 2.45) is 0 Å². The van der Waals surface area contributed by atoms with Crippen molar-refractivity contribution in [1.29, 1.82) is 0 Å². The fourth-order valence-electron chi connectivity index (χ4n) is 6.51. The standard InChI is InChI=1S/C45H29N3S/c1-4-13-30(14-5-1)35-19-10-20-36(29-35)38-22-12-24-40-39-23-11-21-37(41(39)49-42(38)40)31-25-27-34(28-26-31)45-47-43(32-15-6-2-7-16-32)46-44(48-45)33-17-8-3-9-18-33/h1-29H. The molecule has 0 N–H and O–H groups in total. The van der Waals surface area contributed by atoms with Gasteiger partial charge < -0.3 is 0 Å². The van der Waals surface area contributed by atoms with Gasteiger partial charge in [0, 0.05) is 36.9 Å². The van der Waals surface area contributed by atoms with Crippen LogP contribution in [0.1, 0.15) is 0 Å². The van der Waals surface area contributed by atoms with Gasteiger partial charge in [-0.2, -0.15) is 0 Å². The molecule has 0 spiro atoms. The Bertz CT molecular complexity index is 2520. The topological polar surface area (TPSA) is 38.7 Å². The maximum absolute atomic E-state index is 4.92. The zero-order valence-electron chi connectivity index (χ0n) is 26.5. The van der Waals surface area contributed by atoms with E-state index in [1.807, 2.05) is 72.0 Å². The number of nitrogens with zero attached hydrogens (tertiary/aromatic N) is 3. The summed E-state index contributed by atoms with van der Waals surface area (Å²) in [7, 11) is 0. The Morgan fingerprint density at radius 2 is 0.673 bits per heavy atom. The van der Waals surface area contributed by atoms with E-state index >= 15 is 0 Å². The Morgan fingerprint density at radius 1 is 0.286 bits per heavy atom. The molecule has 0 aliphatic heterocycles. The Hall–Kier alpha value is -6.23. The lowest BCUT2D eigenvalue weighted by molar-refractivity contribution is 1.07. The lowest BCUT2D eigenvalue weighted by Gasteiger charge is -2.09. The number of benzene rings is 7. The molecule has 0 fully saturated rings. The number of aromatic nitrogens is 3. The number of hydrogen-bond acceptors (Lipinski definition) is 4. The van der Waals surface area contributed by atoms with Gasteiger partial charge in [0.2, 0.25) is 0 Å². The molecule has 230 valence electrons. The molecule has 0 aliphatic carbocycles. The van der Waals surface area contributed by atoms with E-state index in [1.165, 1.54) is 48.0 Å². The maximum atomic E-state index is 4.92. The van der Waals surface area contributed by atoms with Gasteiger partial charge in [-0.1, -0.05) is 170 Å². The summed E-state index contributed by atoms with van der Waals surface area (Å²) in [6.45, 7) is 0. The lowest BCUT2D eigenvalue weighted by Crippen LogP contribution is -2.00. The maximum Gasteiger partial charge on any atom is 0.164 e. The molecule has 3 nitrogen and oxygen atoms in total. The van der Waals surface area contributed by atoms with Crippen molar-refractivity contribution in [2.75, 3.05) is 0 Å². The third-order valence-corrected chi connectivity index (χ3v) is 10.2. The third kappa shape index (κ3) is 5.48. The van der Waals surface area contributed by atoms with Crippen molar-refractivity contribution in [2.45, 2.75) is 0 Å². The number of hydrogen-bond donors (Lipinski definition) is 0. The van der Waals surface area contributed by atoms with Crippen molar-refractivity contribution in [3.05, 3.63) is 176 Å². The summed E-state index contributed by atoms with van der Waals surface area (Å²) < 4.78 is 2.59. The fraction of sp³-hybridized carbons (Fsp3) is 0. The van der Waals surface area contributed by atoms with Crippen LogP contribution in [0.2, 0.25) is 0 Å². The minimum Gasteiger partial charge on any atom is -0.208 e. The first kappa shape index (κ1) is 29.0. The first-order chi connectivity index (χ1) is 24.3. The highest BCUT2D eigenvalue weighted by Gasteiger charge is 2.16. The van der Waals surface area contributed by atoms with Crippen molar-refractivity contribution in [3.8, 4) is 67.5 Å². The van der Waals surface area contributed by atoms with Gasteiger partial charge in [-0.05, 0) is 39.4 Å². The van der Waals surface area contributed by atoms with Gasteiger partial charge in [-0.15, -0.1) is 11.3 Å². The first-order valence-electron chi connectivity index (χ1n) is 16.4. The second kappa shape index (κ2) is 12.4. The highest BCUT2D eigenvalue weighted by molar-refractivity contribution is 7.26. The first-order valence-corrected chi connectivity index (χ1v) is 17.2. The molecule has 4 heteroatoms. The molecule has 0 unspecified atom stereocenters. The summed E-state index contributed by atoms with van der Waals surface area (Å²) >= 11 is 1.87. The van der Waals surface area contributed by atoms with Crippen LogP contribution in [0.5, 0.6) is 0 Å². The molecule has 0 atom stereocenters. The number of fused-ring (bicyclic) bond motifs is 3. The van der Waals surface area contributed by atoms with E-state index in [-0.39, 0.29) is 0 Å². The smallest absolute Gasteiger partial charge is 0.164 e. The summed E-state index contributed by atoms with van der Waals surface area (Å²) in [6, 6.07) is 61.6. The van der Waals surface area contributed by atoms with Crippen molar-refractivity contribution >= 4 is 31.5 Å². The van der Waals surface area contributed by atoms with Gasteiger partial charge >= 0.3 is 0 Å². The van der Waals surface area contributed by atoms with Crippen molar-refractivity contribution in [3.63, 3.8) is 0 Å². The van der Waals surface area contributed by atoms with Crippen LogP contribution in [0.4, 0.5) is 0 Å². The van der Waals surface area contributed by atoms with E-state index in [2.05, 4.69) is 115 Å². The third-order valence-electron chi connectivity index (χ3n) is 8.96. The van der Waals surface area contributed by atoms with Gasteiger partial charge in [0.05, 0.1) is 0 Å². The normalized spacial score (nSPS) is 11.3. The van der Waals surface area contributed by atoms with Gasteiger partial charge in [-0.3, -0.25) is 0 Å². The molecule has 0 saturated heterocycles. The SMILES string of the molecule is c1ccc(-c2cccc(-c3cccc4c3sc3c(-c5ccc(-c6nc(-c7ccccc7)nc(-c7ccccc7)n6)cc5)cccc34)c2)cc1. The molecular formula is C45H29N3S.